The maximum Gasteiger partial charge on any atom is 0.341 e. The van der Waals surface area contributed by atoms with E-state index in [-0.39, 0.29) is 22.8 Å². The Bertz CT molecular complexity index is 796. The molecule has 0 spiro atoms. The van der Waals surface area contributed by atoms with Crippen LogP contribution in [0.1, 0.15) is 94.0 Å². The highest BCUT2D eigenvalue weighted by Crippen LogP contribution is 2.46. The second kappa shape index (κ2) is 11.2. The van der Waals surface area contributed by atoms with E-state index in [1.807, 2.05) is 0 Å². The summed E-state index contributed by atoms with van der Waals surface area (Å²) in [5.74, 6) is 0.496. The molecule has 1 aromatic rings. The van der Waals surface area contributed by atoms with Crippen LogP contribution in [0, 0.1) is 20.8 Å². The molecule has 31 heavy (non-hydrogen) atoms. The van der Waals surface area contributed by atoms with Gasteiger partial charge in [0.1, 0.15) is 5.75 Å². The third-order valence-corrected chi connectivity index (χ3v) is 6.74. The van der Waals surface area contributed by atoms with Crippen LogP contribution in [0.2, 0.25) is 0 Å². The molecule has 0 saturated carbocycles. The van der Waals surface area contributed by atoms with E-state index in [2.05, 4.69) is 59.0 Å². The molecule has 0 N–H and O–H groups in total. The third-order valence-electron chi connectivity index (χ3n) is 6.53. The van der Waals surface area contributed by atoms with Crippen LogP contribution in [0.3, 0.4) is 0 Å². The Kier molecular flexibility index (Phi) is 9.80. The van der Waals surface area contributed by atoms with Gasteiger partial charge in [-0.2, -0.15) is 0 Å². The van der Waals surface area contributed by atoms with Crippen molar-refractivity contribution in [3.05, 3.63) is 27.8 Å². The number of hydrogen-bond acceptors (Lipinski definition) is 5. The lowest BCUT2D eigenvalue weighted by Crippen LogP contribution is -2.27. The zero-order valence-corrected chi connectivity index (χ0v) is 21.8. The van der Waals surface area contributed by atoms with Gasteiger partial charge in [-0.1, -0.05) is 27.7 Å². The predicted octanol–water partition coefficient (Wildman–Crippen LogP) is 5.32. The zero-order chi connectivity index (χ0) is 24.0. The quantitative estimate of drug-likeness (QED) is 0.339. The van der Waals surface area contributed by atoms with E-state index >= 15 is 0 Å². The summed E-state index contributed by atoms with van der Waals surface area (Å²) in [6, 6.07) is 0. The Morgan fingerprint density at radius 3 is 1.55 bits per heavy atom. The number of hydrogen-bond donors (Lipinski definition) is 0. The van der Waals surface area contributed by atoms with E-state index in [0.29, 0.717) is 12.8 Å². The van der Waals surface area contributed by atoms with Crippen LogP contribution in [0.25, 0.3) is 0 Å². The highest BCUT2D eigenvalue weighted by atomic mass is 28.2. The fraction of sp³-hybridized carbons (Fsp3) is 0.680. The van der Waals surface area contributed by atoms with Gasteiger partial charge in [0, 0.05) is 18.4 Å². The van der Waals surface area contributed by atoms with Crippen molar-refractivity contribution in [2.75, 3.05) is 14.2 Å². The fourth-order valence-electron chi connectivity index (χ4n) is 4.88. The van der Waals surface area contributed by atoms with Gasteiger partial charge in [0.2, 0.25) is 0 Å². The van der Waals surface area contributed by atoms with Crippen LogP contribution < -0.4 is 4.43 Å². The molecule has 0 atom stereocenters. The minimum absolute atomic E-state index is 0.117. The van der Waals surface area contributed by atoms with E-state index in [9.17, 15) is 9.59 Å². The van der Waals surface area contributed by atoms with Gasteiger partial charge in [0.25, 0.3) is 0 Å². The van der Waals surface area contributed by atoms with Gasteiger partial charge in [-0.3, -0.25) is 9.59 Å². The molecule has 0 bridgehead atoms. The first-order valence-corrected chi connectivity index (χ1v) is 11.4. The summed E-state index contributed by atoms with van der Waals surface area (Å²) in [5, 5.41) is 0. The average Bonchev–Trinajstić information content (AvgIpc) is 2.69. The predicted molar refractivity (Wildman–Crippen MR) is 125 cm³/mol. The minimum atomic E-state index is -0.199. The number of carbonyl (C=O) groups excluding carboxylic acids is 2. The second-order valence-corrected chi connectivity index (χ2v) is 9.89. The summed E-state index contributed by atoms with van der Waals surface area (Å²) in [6.45, 7) is 15.3. The SMILES string of the molecule is COC(=O)CCCC(C)(C)c1c(C)c(C)c(O[Si])c(C(C)(C)CCCC(=O)OC)c1C. The molecule has 3 radical (unpaired) electrons. The molecule has 0 amide bonds. The summed E-state index contributed by atoms with van der Waals surface area (Å²) < 4.78 is 15.3. The first-order valence-electron chi connectivity index (χ1n) is 11.0. The van der Waals surface area contributed by atoms with Crippen molar-refractivity contribution in [3.8, 4) is 5.75 Å². The monoisotopic (exact) mass is 447 g/mol. The van der Waals surface area contributed by atoms with Crippen LogP contribution in [-0.2, 0) is 29.9 Å². The van der Waals surface area contributed by atoms with Crippen LogP contribution >= 0.6 is 0 Å². The maximum absolute atomic E-state index is 11.6. The van der Waals surface area contributed by atoms with Crippen molar-refractivity contribution >= 4 is 22.4 Å². The van der Waals surface area contributed by atoms with Crippen molar-refractivity contribution < 1.29 is 23.5 Å². The van der Waals surface area contributed by atoms with E-state index in [4.69, 9.17) is 13.9 Å². The lowest BCUT2D eigenvalue weighted by atomic mass is 9.69. The van der Waals surface area contributed by atoms with Gasteiger partial charge in [0.15, 0.2) is 0 Å². The summed E-state index contributed by atoms with van der Waals surface area (Å²) in [6.07, 6.45) is 4.04. The van der Waals surface area contributed by atoms with E-state index in [0.717, 1.165) is 42.6 Å². The van der Waals surface area contributed by atoms with Crippen LogP contribution in [0.5, 0.6) is 5.75 Å². The molecule has 0 aromatic heterocycles. The maximum atomic E-state index is 11.6. The highest BCUT2D eigenvalue weighted by Gasteiger charge is 2.34. The van der Waals surface area contributed by atoms with Crippen molar-refractivity contribution in [1.82, 2.24) is 0 Å². The molecule has 0 fully saturated rings. The van der Waals surface area contributed by atoms with Gasteiger partial charge in [0.05, 0.1) is 14.2 Å². The largest absolute Gasteiger partial charge is 0.540 e. The van der Waals surface area contributed by atoms with Crippen LogP contribution in [-0.4, -0.2) is 36.6 Å². The smallest absolute Gasteiger partial charge is 0.341 e. The lowest BCUT2D eigenvalue weighted by Gasteiger charge is -2.37. The number of rotatable bonds is 11. The van der Waals surface area contributed by atoms with Crippen LogP contribution in [0.4, 0.5) is 0 Å². The van der Waals surface area contributed by atoms with Crippen LogP contribution in [0.15, 0.2) is 0 Å². The molecule has 173 valence electrons. The van der Waals surface area contributed by atoms with Crippen molar-refractivity contribution in [3.63, 3.8) is 0 Å². The Balaban J connectivity index is 3.41. The first-order chi connectivity index (χ1) is 14.3. The van der Waals surface area contributed by atoms with E-state index in [1.54, 1.807) is 0 Å². The molecule has 5 nitrogen and oxygen atoms in total. The minimum Gasteiger partial charge on any atom is -0.540 e. The van der Waals surface area contributed by atoms with Gasteiger partial charge in [-0.25, -0.2) is 0 Å². The number of benzene rings is 1. The summed E-state index contributed by atoms with van der Waals surface area (Å²) >= 11 is 0. The molecule has 0 aliphatic rings. The molecule has 1 rings (SSSR count). The number of esters is 2. The normalized spacial score (nSPS) is 11.9. The lowest BCUT2D eigenvalue weighted by molar-refractivity contribution is -0.141. The van der Waals surface area contributed by atoms with E-state index < -0.39 is 0 Å². The van der Waals surface area contributed by atoms with Gasteiger partial charge in [-0.05, 0) is 79.5 Å². The van der Waals surface area contributed by atoms with Gasteiger partial charge < -0.3 is 13.9 Å². The van der Waals surface area contributed by atoms with E-state index in [1.165, 1.54) is 30.9 Å². The Labute approximate surface area is 191 Å². The fourth-order valence-corrected chi connectivity index (χ4v) is 5.14. The topological polar surface area (TPSA) is 61.8 Å². The van der Waals surface area contributed by atoms with Gasteiger partial charge in [-0.15, -0.1) is 0 Å². The zero-order valence-electron chi connectivity index (χ0n) is 20.8. The Hall–Kier alpha value is -1.82. The van der Waals surface area contributed by atoms with Crippen molar-refractivity contribution in [1.29, 1.82) is 0 Å². The molecule has 0 aliphatic carbocycles. The van der Waals surface area contributed by atoms with Crippen molar-refractivity contribution in [2.24, 2.45) is 0 Å². The molecule has 0 unspecified atom stereocenters. The number of methoxy groups -OCH3 is 2. The summed E-state index contributed by atoms with van der Waals surface area (Å²) in [4.78, 5) is 23.2. The first kappa shape index (κ1) is 27.2. The molecule has 0 aliphatic heterocycles. The Morgan fingerprint density at radius 1 is 0.742 bits per heavy atom. The Morgan fingerprint density at radius 2 is 1.16 bits per heavy atom. The summed E-state index contributed by atoms with van der Waals surface area (Å²) in [7, 11) is 6.15. The molecule has 1 aromatic carbocycles. The van der Waals surface area contributed by atoms with Gasteiger partial charge >= 0.3 is 22.4 Å². The number of carbonyl (C=O) groups is 2. The summed E-state index contributed by atoms with van der Waals surface area (Å²) in [5.41, 5.74) is 5.67. The molecular formula is C25H39O5Si. The third kappa shape index (κ3) is 6.58. The molecule has 6 heteroatoms. The molecule has 0 saturated heterocycles. The molecular weight excluding hydrogens is 408 g/mol. The number of ether oxygens (including phenoxy) is 2. The second-order valence-electron chi connectivity index (χ2n) is 9.68. The average molecular weight is 448 g/mol. The highest BCUT2D eigenvalue weighted by molar-refractivity contribution is 6.00. The van der Waals surface area contributed by atoms with Crippen molar-refractivity contribution in [2.45, 2.75) is 97.8 Å². The standard InChI is InChI=1S/C25H39O5Si/c1-16-17(2)23(30-31)22(25(6,7)15-11-13-20(27)29-9)18(3)21(16)24(4,5)14-10-12-19(26)28-8/h10-15H2,1-9H3. The molecule has 0 heterocycles.